The van der Waals surface area contributed by atoms with Crippen molar-refractivity contribution in [1.82, 2.24) is 0 Å². The van der Waals surface area contributed by atoms with Crippen LogP contribution in [0.3, 0.4) is 0 Å². The van der Waals surface area contributed by atoms with Gasteiger partial charge in [0.05, 0.1) is 5.54 Å². The molecule has 0 rings (SSSR count). The van der Waals surface area contributed by atoms with Gasteiger partial charge in [0.1, 0.15) is 6.61 Å². The van der Waals surface area contributed by atoms with Crippen molar-refractivity contribution in [3.8, 4) is 0 Å². The largest absolute Gasteiger partial charge is 0.320 e. The van der Waals surface area contributed by atoms with E-state index in [0.29, 0.717) is 0 Å². The summed E-state index contributed by atoms with van der Waals surface area (Å²) in [6.45, 7) is 0.0838. The number of nitrogens with two attached hydrogens (primary N) is 1. The summed E-state index contributed by atoms with van der Waals surface area (Å²) in [5.74, 6) is 0. The molecule has 0 aromatic heterocycles. The van der Waals surface area contributed by atoms with E-state index in [1.807, 2.05) is 0 Å². The molecule has 0 spiro atoms. The molecule has 0 heterocycles. The second-order valence-electron chi connectivity index (χ2n) is 2.99. The summed E-state index contributed by atoms with van der Waals surface area (Å²) in [4.78, 5) is 41.4. The van der Waals surface area contributed by atoms with E-state index in [0.717, 1.165) is 6.92 Å². The van der Waals surface area contributed by atoms with Crippen molar-refractivity contribution in [3.05, 3.63) is 30.3 Å². The lowest BCUT2D eigenvalue weighted by molar-refractivity contribution is -0.856. The van der Waals surface area contributed by atoms with Gasteiger partial charge < -0.3 is 10.6 Å². The fourth-order valence-electron chi connectivity index (χ4n) is 0.676. The first kappa shape index (κ1) is 14.6. The van der Waals surface area contributed by atoms with Crippen LogP contribution < -0.4 is 5.73 Å². The monoisotopic (exact) mass is 256 g/mol. The predicted octanol–water partition coefficient (Wildman–Crippen LogP) is -1.35. The summed E-state index contributed by atoms with van der Waals surface area (Å²) in [6, 6.07) is 0. The molecule has 0 saturated carbocycles. The summed E-state index contributed by atoms with van der Waals surface area (Å²) < 4.78 is 0. The maximum atomic E-state index is 10.0. The van der Waals surface area contributed by atoms with Gasteiger partial charge in [-0.05, 0) is 6.92 Å². The predicted molar refractivity (Wildman–Crippen MR) is 45.5 cm³/mol. The van der Waals surface area contributed by atoms with E-state index in [1.54, 1.807) is 0 Å². The van der Waals surface area contributed by atoms with E-state index in [-0.39, 0.29) is 0 Å². The smallest absolute Gasteiger partial charge is 0.296 e. The Hall–Kier alpha value is -2.44. The zero-order chi connectivity index (χ0) is 13.6. The topological polar surface area (TPSA) is 183 Å². The van der Waals surface area contributed by atoms with Gasteiger partial charge >= 0.3 is 0 Å². The molecule has 0 aromatic carbocycles. The maximum absolute atomic E-state index is 10.0. The van der Waals surface area contributed by atoms with E-state index in [4.69, 9.17) is 5.73 Å². The SMILES string of the molecule is CC(N)(CO[N+](=O)[O-])C(O[N+](=O)[O-])O[N+](=O)[O-]. The molecular formula is C4H8N4O9. The molecule has 13 heteroatoms. The lowest BCUT2D eigenvalue weighted by Gasteiger charge is -2.28. The Morgan fingerprint density at radius 2 is 1.53 bits per heavy atom. The Balaban J connectivity index is 4.67. The molecule has 2 N–H and O–H groups in total. The van der Waals surface area contributed by atoms with Crippen molar-refractivity contribution in [3.63, 3.8) is 0 Å². The Kier molecular flexibility index (Phi) is 4.79. The molecule has 0 saturated heterocycles. The van der Waals surface area contributed by atoms with Crippen LogP contribution in [0.2, 0.25) is 0 Å². The van der Waals surface area contributed by atoms with Crippen molar-refractivity contribution in [1.29, 1.82) is 0 Å². The summed E-state index contributed by atoms with van der Waals surface area (Å²) in [6.07, 6.45) is -2.16. The minimum Gasteiger partial charge on any atom is -0.320 e. The standard InChI is InChI=1S/C4H8N4O9/c1-4(5,2-15-6(9)10)3(16-7(11)12)17-8(13)14/h3H,2,5H2,1H3. The van der Waals surface area contributed by atoms with Crippen LogP contribution in [0, 0.1) is 30.3 Å². The Bertz CT molecular complexity index is 300. The first-order valence-corrected chi connectivity index (χ1v) is 3.83. The molecular weight excluding hydrogens is 248 g/mol. The molecule has 0 aliphatic carbocycles. The van der Waals surface area contributed by atoms with Gasteiger partial charge in [-0.25, -0.2) is 0 Å². The average Bonchev–Trinajstić information content (AvgIpc) is 2.12. The number of hydrogen-bond donors (Lipinski definition) is 1. The summed E-state index contributed by atoms with van der Waals surface area (Å²) in [7, 11) is 0. The fourth-order valence-corrected chi connectivity index (χ4v) is 0.676. The molecule has 17 heavy (non-hydrogen) atoms. The fraction of sp³-hybridized carbons (Fsp3) is 1.00. The van der Waals surface area contributed by atoms with Gasteiger partial charge in [-0.3, -0.25) is 9.68 Å². The van der Waals surface area contributed by atoms with Gasteiger partial charge in [0.25, 0.3) is 21.5 Å². The van der Waals surface area contributed by atoms with Crippen LogP contribution in [-0.2, 0) is 14.5 Å². The van der Waals surface area contributed by atoms with E-state index in [2.05, 4.69) is 14.5 Å². The Morgan fingerprint density at radius 3 is 1.82 bits per heavy atom. The zero-order valence-corrected chi connectivity index (χ0v) is 8.38. The highest BCUT2D eigenvalue weighted by atomic mass is 17.0. The van der Waals surface area contributed by atoms with E-state index >= 15 is 0 Å². The Labute approximate surface area is 92.3 Å². The van der Waals surface area contributed by atoms with Crippen LogP contribution in [0.25, 0.3) is 0 Å². The van der Waals surface area contributed by atoms with Gasteiger partial charge in [-0.1, -0.05) is 0 Å². The minimum absolute atomic E-state index is 0.896. The van der Waals surface area contributed by atoms with Gasteiger partial charge in [0, 0.05) is 0 Å². The zero-order valence-electron chi connectivity index (χ0n) is 8.38. The van der Waals surface area contributed by atoms with Gasteiger partial charge in [0.2, 0.25) is 0 Å². The first-order chi connectivity index (χ1) is 7.65. The normalized spacial score (nSPS) is 13.6. The van der Waals surface area contributed by atoms with Crippen molar-refractivity contribution in [2.45, 2.75) is 18.8 Å². The van der Waals surface area contributed by atoms with Crippen LogP contribution >= 0.6 is 0 Å². The number of nitrogens with zero attached hydrogens (tertiary/aromatic N) is 3. The minimum atomic E-state index is -2.16. The molecule has 0 aromatic rings. The summed E-state index contributed by atoms with van der Waals surface area (Å²) in [5, 5.41) is 26.0. The number of hydrogen-bond acceptors (Lipinski definition) is 10. The number of rotatable bonds is 8. The maximum Gasteiger partial charge on any atom is 0.296 e. The first-order valence-electron chi connectivity index (χ1n) is 3.83. The molecule has 0 radical (unpaired) electrons. The summed E-state index contributed by atoms with van der Waals surface area (Å²) in [5.41, 5.74) is 3.34. The molecule has 0 bridgehead atoms. The highest BCUT2D eigenvalue weighted by Crippen LogP contribution is 2.13. The molecule has 13 nitrogen and oxygen atoms in total. The summed E-state index contributed by atoms with van der Waals surface area (Å²) >= 11 is 0. The Morgan fingerprint density at radius 1 is 1.12 bits per heavy atom. The highest BCUT2D eigenvalue weighted by molar-refractivity contribution is 4.81. The van der Waals surface area contributed by atoms with Crippen molar-refractivity contribution in [2.24, 2.45) is 5.73 Å². The van der Waals surface area contributed by atoms with Crippen molar-refractivity contribution in [2.75, 3.05) is 6.61 Å². The molecule has 1 atom stereocenters. The van der Waals surface area contributed by atoms with Gasteiger partial charge in [-0.15, -0.1) is 30.3 Å². The van der Waals surface area contributed by atoms with Crippen molar-refractivity contribution < 1.29 is 29.8 Å². The molecule has 0 fully saturated rings. The van der Waals surface area contributed by atoms with Crippen LogP contribution in [-0.4, -0.2) is 33.7 Å². The van der Waals surface area contributed by atoms with Crippen molar-refractivity contribution >= 4 is 0 Å². The van der Waals surface area contributed by atoms with Crippen LogP contribution in [0.1, 0.15) is 6.92 Å². The molecule has 1 unspecified atom stereocenters. The van der Waals surface area contributed by atoms with Crippen LogP contribution in [0.15, 0.2) is 0 Å². The third-order valence-corrected chi connectivity index (χ3v) is 1.38. The van der Waals surface area contributed by atoms with Gasteiger partial charge in [0.15, 0.2) is 0 Å². The third kappa shape index (κ3) is 5.88. The second kappa shape index (κ2) is 5.59. The molecule has 0 amide bonds. The van der Waals surface area contributed by atoms with E-state index in [1.165, 1.54) is 0 Å². The van der Waals surface area contributed by atoms with E-state index in [9.17, 15) is 30.3 Å². The average molecular weight is 256 g/mol. The van der Waals surface area contributed by atoms with Gasteiger partial charge in [-0.2, -0.15) is 0 Å². The van der Waals surface area contributed by atoms with Crippen LogP contribution in [0.4, 0.5) is 0 Å². The lowest BCUT2D eigenvalue weighted by atomic mass is 10.1. The third-order valence-electron chi connectivity index (χ3n) is 1.38. The molecule has 0 aliphatic rings. The lowest BCUT2D eigenvalue weighted by Crippen LogP contribution is -2.55. The second-order valence-corrected chi connectivity index (χ2v) is 2.99. The molecule has 98 valence electrons. The quantitative estimate of drug-likeness (QED) is 0.309. The van der Waals surface area contributed by atoms with E-state index < -0.39 is 33.7 Å². The molecule has 0 aliphatic heterocycles. The van der Waals surface area contributed by atoms with Crippen LogP contribution in [0.5, 0.6) is 0 Å². The highest BCUT2D eigenvalue weighted by Gasteiger charge is 2.38.